The third-order valence-corrected chi connectivity index (χ3v) is 21.5. The van der Waals surface area contributed by atoms with Crippen LogP contribution in [-0.2, 0) is 32.1 Å². The maximum Gasteiger partial charge on any atom is -1.00 e. The van der Waals surface area contributed by atoms with Crippen LogP contribution in [0.1, 0.15) is 127 Å². The van der Waals surface area contributed by atoms with E-state index in [1.165, 1.54) is 55.6 Å². The zero-order valence-electron chi connectivity index (χ0n) is 34.2. The van der Waals surface area contributed by atoms with Crippen molar-refractivity contribution >= 4 is 3.21 Å². The molecule has 52 heavy (non-hydrogen) atoms. The first-order valence-electron chi connectivity index (χ1n) is 18.8. The van der Waals surface area contributed by atoms with Crippen molar-refractivity contribution in [3.8, 4) is 33.4 Å². The van der Waals surface area contributed by atoms with Crippen molar-refractivity contribution in [2.45, 2.75) is 118 Å². The van der Waals surface area contributed by atoms with Gasteiger partial charge in [-0.05, 0) is 0 Å². The zero-order valence-corrected chi connectivity index (χ0v) is 38.2. The van der Waals surface area contributed by atoms with Gasteiger partial charge in [-0.3, -0.25) is 0 Å². The summed E-state index contributed by atoms with van der Waals surface area (Å²) in [6, 6.07) is 28.7. The SMILES string of the molecule is Cc1ccccc1-c1cc2c(cc1C(C)(C)C)-c1cc(C(C)(C)C)c(-c3ccccc3C)cc1[CH]2[Zr+2]([C]1=CC=CC1)=[C](C(C)(C)C)C(C)(C)C.[Cl-].[Cl-]. The second-order valence-corrected chi connectivity index (χ2v) is 25.4. The second kappa shape index (κ2) is 15.1. The predicted octanol–water partition coefficient (Wildman–Crippen LogP) is 8.04. The molecule has 0 amide bonds. The number of hydrogen-bond donors (Lipinski definition) is 0. The Hall–Kier alpha value is -2.31. The number of rotatable bonds is 4. The summed E-state index contributed by atoms with van der Waals surface area (Å²) < 4.78 is 3.97. The Morgan fingerprint density at radius 1 is 0.538 bits per heavy atom. The number of halogens is 2. The molecule has 0 aliphatic heterocycles. The molecule has 0 bridgehead atoms. The largest absolute Gasteiger partial charge is 1.00 e. The van der Waals surface area contributed by atoms with Crippen LogP contribution in [0.15, 0.2) is 94.3 Å². The smallest absolute Gasteiger partial charge is 1.00 e. The van der Waals surface area contributed by atoms with E-state index in [1.807, 2.05) is 3.21 Å². The standard InChI is InChI=1S/C35H37.C9H18.C5H5.2ClH.Zr/c1-22-13-9-11-15-26(22)30-18-24-17-25-19-31(27-16-12-10-14-23(27)2)33(35(6,7)8)21-29(25)28(24)20-32(30)34(3,4)5;1-8(2,3)7-9(4,5)6;1-2-4-5-3-1;;;/h9-21H,1-8H3;1-6H3;1-3H,4H2;2*1H;/q;;;;;+2/p-2. The summed E-state index contributed by atoms with van der Waals surface area (Å²) in [6.07, 6.45) is 8.39. The Morgan fingerprint density at radius 3 is 1.27 bits per heavy atom. The van der Waals surface area contributed by atoms with Gasteiger partial charge in [-0.2, -0.15) is 0 Å². The second-order valence-electron chi connectivity index (χ2n) is 19.1. The minimum absolute atomic E-state index is 0. The van der Waals surface area contributed by atoms with Crippen LogP contribution in [0.4, 0.5) is 0 Å². The van der Waals surface area contributed by atoms with E-state index in [4.69, 9.17) is 0 Å². The summed E-state index contributed by atoms with van der Waals surface area (Å²) in [5, 5.41) is 0. The van der Waals surface area contributed by atoms with Gasteiger partial charge in [0.1, 0.15) is 0 Å². The molecule has 0 saturated carbocycles. The van der Waals surface area contributed by atoms with E-state index < -0.39 is 21.3 Å². The molecule has 2 aliphatic carbocycles. The molecule has 6 rings (SSSR count). The molecule has 0 saturated heterocycles. The number of hydrogen-bond acceptors (Lipinski definition) is 0. The molecule has 2 aliphatic rings. The summed E-state index contributed by atoms with van der Waals surface area (Å²) >= 11 is -2.70. The monoisotopic (exact) mass is 808 g/mol. The molecule has 3 heteroatoms. The minimum Gasteiger partial charge on any atom is -1.00 e. The Labute approximate surface area is 336 Å². The van der Waals surface area contributed by atoms with Crippen LogP contribution < -0.4 is 24.8 Å². The van der Waals surface area contributed by atoms with E-state index in [9.17, 15) is 0 Å². The first kappa shape index (κ1) is 42.4. The number of allylic oxidation sites excluding steroid dienone is 4. The maximum atomic E-state index is 2.68. The first-order chi connectivity index (χ1) is 23.2. The molecule has 0 atom stereocenters. The summed E-state index contributed by atoms with van der Waals surface area (Å²) in [4.78, 5) is 0. The fourth-order valence-corrected chi connectivity index (χ4v) is 19.8. The quantitative estimate of drug-likeness (QED) is 0.196. The molecule has 0 N–H and O–H groups in total. The molecule has 0 radical (unpaired) electrons. The van der Waals surface area contributed by atoms with Crippen LogP contribution in [-0.4, -0.2) is 3.21 Å². The summed E-state index contributed by atoms with van der Waals surface area (Å²) in [7, 11) is 0. The third kappa shape index (κ3) is 7.90. The number of aryl methyl sites for hydroxylation is 2. The number of benzene rings is 4. The molecule has 0 heterocycles. The van der Waals surface area contributed by atoms with Gasteiger partial charge in [0.05, 0.1) is 0 Å². The normalized spacial score (nSPS) is 14.1. The van der Waals surface area contributed by atoms with E-state index in [0.29, 0.717) is 3.63 Å². The van der Waals surface area contributed by atoms with Gasteiger partial charge < -0.3 is 24.8 Å². The van der Waals surface area contributed by atoms with Crippen LogP contribution in [0.2, 0.25) is 0 Å². The summed E-state index contributed by atoms with van der Waals surface area (Å²) in [5.74, 6) is 0. The Kier molecular flexibility index (Phi) is 12.3. The van der Waals surface area contributed by atoms with Crippen LogP contribution in [0.3, 0.4) is 0 Å². The van der Waals surface area contributed by atoms with E-state index in [2.05, 4.69) is 188 Å². The summed E-state index contributed by atoms with van der Waals surface area (Å²) in [6.45, 7) is 33.9. The van der Waals surface area contributed by atoms with Gasteiger partial charge in [-0.25, -0.2) is 0 Å². The first-order valence-corrected chi connectivity index (χ1v) is 22.7. The van der Waals surface area contributed by atoms with Gasteiger partial charge >= 0.3 is 314 Å². The van der Waals surface area contributed by atoms with Crippen molar-refractivity contribution in [1.29, 1.82) is 0 Å². The van der Waals surface area contributed by atoms with Crippen LogP contribution >= 0.6 is 0 Å². The molecule has 4 aromatic carbocycles. The van der Waals surface area contributed by atoms with Crippen LogP contribution in [0.5, 0.6) is 0 Å². The molecule has 0 unspecified atom stereocenters. The van der Waals surface area contributed by atoms with Gasteiger partial charge in [0.25, 0.3) is 0 Å². The molecule has 0 spiro atoms. The molecule has 0 nitrogen and oxygen atoms in total. The Balaban J connectivity index is 0.00000302. The average molecular weight is 811 g/mol. The third-order valence-electron chi connectivity index (χ3n) is 11.0. The Morgan fingerprint density at radius 2 is 0.942 bits per heavy atom. The Bertz CT molecular complexity index is 1950. The molecule has 274 valence electrons. The van der Waals surface area contributed by atoms with E-state index >= 15 is 0 Å². The van der Waals surface area contributed by atoms with Crippen molar-refractivity contribution in [3.63, 3.8) is 0 Å². The van der Waals surface area contributed by atoms with Crippen molar-refractivity contribution in [2.75, 3.05) is 0 Å². The predicted molar refractivity (Wildman–Crippen MR) is 217 cm³/mol. The van der Waals surface area contributed by atoms with E-state index in [0.717, 1.165) is 6.42 Å². The van der Waals surface area contributed by atoms with Crippen LogP contribution in [0, 0.1) is 24.7 Å². The maximum absolute atomic E-state index is 2.70. The van der Waals surface area contributed by atoms with Crippen molar-refractivity contribution in [3.05, 3.63) is 128 Å². The fraction of sp³-hybridized carbons (Fsp3) is 0.408. The van der Waals surface area contributed by atoms with E-state index in [1.54, 1.807) is 14.4 Å². The van der Waals surface area contributed by atoms with Gasteiger partial charge in [-0.1, -0.05) is 0 Å². The zero-order chi connectivity index (χ0) is 36.6. The molecule has 0 aromatic heterocycles. The molecular formula is C49H60Cl2Zr. The van der Waals surface area contributed by atoms with Gasteiger partial charge in [0, 0.05) is 0 Å². The topological polar surface area (TPSA) is 0 Å². The number of fused-ring (bicyclic) bond motifs is 3. The molecule has 0 fully saturated rings. The van der Waals surface area contributed by atoms with Crippen LogP contribution in [0.25, 0.3) is 33.4 Å². The fourth-order valence-electron chi connectivity index (χ4n) is 9.16. The average Bonchev–Trinajstić information content (AvgIpc) is 3.63. The van der Waals surface area contributed by atoms with Crippen molar-refractivity contribution < 1.29 is 46.1 Å². The molecule has 4 aromatic rings. The van der Waals surface area contributed by atoms with Gasteiger partial charge in [-0.15, -0.1) is 0 Å². The molecular weight excluding hydrogens is 751 g/mol. The van der Waals surface area contributed by atoms with Crippen molar-refractivity contribution in [2.24, 2.45) is 10.8 Å². The minimum atomic E-state index is -2.70. The van der Waals surface area contributed by atoms with Crippen molar-refractivity contribution in [1.82, 2.24) is 0 Å². The van der Waals surface area contributed by atoms with Gasteiger partial charge in [0.15, 0.2) is 0 Å². The van der Waals surface area contributed by atoms with Gasteiger partial charge in [0.2, 0.25) is 0 Å². The summed E-state index contributed by atoms with van der Waals surface area (Å²) in [5.41, 5.74) is 17.4. The van der Waals surface area contributed by atoms with E-state index in [-0.39, 0.29) is 46.5 Å².